The van der Waals surface area contributed by atoms with Gasteiger partial charge in [0.2, 0.25) is 11.9 Å². The number of ether oxygens (including phenoxy) is 1. The van der Waals surface area contributed by atoms with E-state index < -0.39 is 0 Å². The summed E-state index contributed by atoms with van der Waals surface area (Å²) in [5.74, 6) is 0.855. The van der Waals surface area contributed by atoms with Crippen molar-refractivity contribution < 1.29 is 4.74 Å². The Balaban J connectivity index is 1.83. The summed E-state index contributed by atoms with van der Waals surface area (Å²) >= 11 is 0. The quantitative estimate of drug-likeness (QED) is 0.887. The Labute approximate surface area is 125 Å². The van der Waals surface area contributed by atoms with Gasteiger partial charge in [-0.25, -0.2) is 0 Å². The molecule has 21 heavy (non-hydrogen) atoms. The molecule has 2 aliphatic heterocycles. The fourth-order valence-electron chi connectivity index (χ4n) is 3.22. The average molecular weight is 292 g/mol. The van der Waals surface area contributed by atoms with Crippen molar-refractivity contribution in [2.45, 2.75) is 51.8 Å². The molecule has 0 bridgehead atoms. The van der Waals surface area contributed by atoms with Gasteiger partial charge in [0.1, 0.15) is 0 Å². The molecular formula is C14H24N6O. The minimum atomic E-state index is 0.0174. The largest absolute Gasteiger partial charge is 0.461 e. The van der Waals surface area contributed by atoms with Crippen molar-refractivity contribution in [1.29, 1.82) is 0 Å². The second kappa shape index (κ2) is 5.63. The van der Waals surface area contributed by atoms with Crippen LogP contribution in [0, 0.1) is 0 Å². The van der Waals surface area contributed by atoms with Crippen LogP contribution < -0.4 is 15.4 Å². The van der Waals surface area contributed by atoms with Gasteiger partial charge in [0.15, 0.2) is 0 Å². The molecule has 1 aromatic heterocycles. The number of rotatable bonds is 3. The van der Waals surface area contributed by atoms with Crippen LogP contribution in [0.1, 0.15) is 33.6 Å². The van der Waals surface area contributed by atoms with Gasteiger partial charge in [-0.3, -0.25) is 4.90 Å². The van der Waals surface area contributed by atoms with E-state index in [-0.39, 0.29) is 12.1 Å². The van der Waals surface area contributed by atoms with E-state index in [1.165, 1.54) is 19.4 Å². The summed E-state index contributed by atoms with van der Waals surface area (Å²) in [5.41, 5.74) is 5.81. The van der Waals surface area contributed by atoms with Crippen LogP contribution in [-0.4, -0.2) is 57.7 Å². The summed E-state index contributed by atoms with van der Waals surface area (Å²) in [6, 6.07) is 1.29. The monoisotopic (exact) mass is 292 g/mol. The highest BCUT2D eigenvalue weighted by Gasteiger charge is 2.35. The average Bonchev–Trinajstić information content (AvgIpc) is 2.83. The minimum Gasteiger partial charge on any atom is -0.461 e. The highest BCUT2D eigenvalue weighted by molar-refractivity contribution is 5.38. The lowest BCUT2D eigenvalue weighted by molar-refractivity contribution is 0.199. The number of hydrogen-bond acceptors (Lipinski definition) is 7. The molecule has 3 heterocycles. The topological polar surface area (TPSA) is 80.4 Å². The van der Waals surface area contributed by atoms with Crippen molar-refractivity contribution in [3.05, 3.63) is 0 Å². The Morgan fingerprint density at radius 2 is 2.05 bits per heavy atom. The van der Waals surface area contributed by atoms with Crippen molar-refractivity contribution in [1.82, 2.24) is 19.9 Å². The number of piperazine rings is 1. The molecule has 2 atom stereocenters. The Hall–Kier alpha value is -1.63. The van der Waals surface area contributed by atoms with Gasteiger partial charge in [-0.05, 0) is 40.2 Å². The van der Waals surface area contributed by atoms with Crippen LogP contribution in [0.3, 0.4) is 0 Å². The molecule has 1 aromatic rings. The first-order chi connectivity index (χ1) is 10.0. The SMILES string of the molecule is CC(C)Oc1nc(N)nc(N2CC3CCCN3CC2C)n1. The zero-order valence-electron chi connectivity index (χ0n) is 13.0. The molecule has 0 saturated carbocycles. The first kappa shape index (κ1) is 14.3. The van der Waals surface area contributed by atoms with Gasteiger partial charge >= 0.3 is 6.01 Å². The molecule has 7 heteroatoms. The number of nitrogens with two attached hydrogens (primary N) is 1. The summed E-state index contributed by atoms with van der Waals surface area (Å²) in [5, 5.41) is 0. The highest BCUT2D eigenvalue weighted by atomic mass is 16.5. The summed E-state index contributed by atoms with van der Waals surface area (Å²) in [7, 11) is 0. The number of anilines is 2. The predicted octanol–water partition coefficient (Wildman–Crippen LogP) is 0.914. The number of nitrogens with zero attached hydrogens (tertiary/aromatic N) is 5. The molecule has 0 radical (unpaired) electrons. The van der Waals surface area contributed by atoms with Crippen molar-refractivity contribution >= 4 is 11.9 Å². The molecule has 2 saturated heterocycles. The van der Waals surface area contributed by atoms with E-state index in [0.717, 1.165) is 13.1 Å². The van der Waals surface area contributed by atoms with Crippen LogP contribution in [0.2, 0.25) is 0 Å². The molecule has 0 amide bonds. The molecule has 2 unspecified atom stereocenters. The molecule has 2 aliphatic rings. The second-order valence-corrected chi connectivity index (χ2v) is 6.24. The number of fused-ring (bicyclic) bond motifs is 1. The Morgan fingerprint density at radius 3 is 2.81 bits per heavy atom. The molecule has 3 rings (SSSR count). The third kappa shape index (κ3) is 3.02. The van der Waals surface area contributed by atoms with Crippen molar-refractivity contribution in [3.8, 4) is 6.01 Å². The molecular weight excluding hydrogens is 268 g/mol. The Morgan fingerprint density at radius 1 is 1.24 bits per heavy atom. The first-order valence-corrected chi connectivity index (χ1v) is 7.72. The van der Waals surface area contributed by atoms with Gasteiger partial charge in [0.05, 0.1) is 6.10 Å². The Kier molecular flexibility index (Phi) is 3.84. The third-order valence-electron chi connectivity index (χ3n) is 4.16. The summed E-state index contributed by atoms with van der Waals surface area (Å²) < 4.78 is 5.57. The zero-order chi connectivity index (χ0) is 15.0. The van der Waals surface area contributed by atoms with Gasteiger partial charge < -0.3 is 15.4 Å². The molecule has 0 spiro atoms. The summed E-state index contributed by atoms with van der Waals surface area (Å²) in [4.78, 5) is 17.6. The van der Waals surface area contributed by atoms with Gasteiger partial charge in [-0.2, -0.15) is 15.0 Å². The fraction of sp³-hybridized carbons (Fsp3) is 0.786. The lowest BCUT2D eigenvalue weighted by atomic mass is 10.1. The summed E-state index contributed by atoms with van der Waals surface area (Å²) in [6.07, 6.45) is 2.55. The zero-order valence-corrected chi connectivity index (χ0v) is 13.0. The number of nitrogen functional groups attached to an aromatic ring is 1. The number of hydrogen-bond donors (Lipinski definition) is 1. The molecule has 2 N–H and O–H groups in total. The summed E-state index contributed by atoms with van der Waals surface area (Å²) in [6.45, 7) is 9.31. The van der Waals surface area contributed by atoms with Crippen LogP contribution >= 0.6 is 0 Å². The highest BCUT2D eigenvalue weighted by Crippen LogP contribution is 2.27. The van der Waals surface area contributed by atoms with E-state index >= 15 is 0 Å². The predicted molar refractivity (Wildman–Crippen MR) is 81.4 cm³/mol. The van der Waals surface area contributed by atoms with Crippen LogP contribution in [0.25, 0.3) is 0 Å². The maximum atomic E-state index is 5.81. The van der Waals surface area contributed by atoms with Gasteiger partial charge in [-0.1, -0.05) is 0 Å². The maximum Gasteiger partial charge on any atom is 0.323 e. The van der Waals surface area contributed by atoms with E-state index in [0.29, 0.717) is 24.0 Å². The maximum absolute atomic E-state index is 5.81. The molecule has 2 fully saturated rings. The third-order valence-corrected chi connectivity index (χ3v) is 4.16. The Bertz CT molecular complexity index is 508. The van der Waals surface area contributed by atoms with E-state index in [1.807, 2.05) is 13.8 Å². The first-order valence-electron chi connectivity index (χ1n) is 7.72. The van der Waals surface area contributed by atoms with E-state index in [2.05, 4.69) is 31.7 Å². The van der Waals surface area contributed by atoms with E-state index in [9.17, 15) is 0 Å². The van der Waals surface area contributed by atoms with Gasteiger partial charge in [0, 0.05) is 25.2 Å². The lowest BCUT2D eigenvalue weighted by Crippen LogP contribution is -2.55. The minimum absolute atomic E-state index is 0.0174. The van der Waals surface area contributed by atoms with Crippen LogP contribution in [0.4, 0.5) is 11.9 Å². The molecule has 0 aliphatic carbocycles. The van der Waals surface area contributed by atoms with Gasteiger partial charge in [-0.15, -0.1) is 0 Å². The molecule has 116 valence electrons. The number of aromatic nitrogens is 3. The lowest BCUT2D eigenvalue weighted by Gasteiger charge is -2.42. The molecule has 7 nitrogen and oxygen atoms in total. The standard InChI is InChI=1S/C14H24N6O/c1-9(2)21-14-17-12(15)16-13(18-14)20-8-11-5-4-6-19(11)7-10(20)3/h9-11H,4-8H2,1-3H3,(H2,15,16,17,18). The fourth-order valence-corrected chi connectivity index (χ4v) is 3.22. The van der Waals surface area contributed by atoms with Crippen LogP contribution in [-0.2, 0) is 0 Å². The molecule has 0 aromatic carbocycles. The van der Waals surface area contributed by atoms with E-state index in [1.54, 1.807) is 0 Å². The second-order valence-electron chi connectivity index (χ2n) is 6.24. The van der Waals surface area contributed by atoms with Gasteiger partial charge in [0.25, 0.3) is 0 Å². The van der Waals surface area contributed by atoms with E-state index in [4.69, 9.17) is 10.5 Å². The normalized spacial score (nSPS) is 26.2. The smallest absolute Gasteiger partial charge is 0.323 e. The van der Waals surface area contributed by atoms with Crippen molar-refractivity contribution in [3.63, 3.8) is 0 Å². The van der Waals surface area contributed by atoms with Crippen molar-refractivity contribution in [2.75, 3.05) is 30.3 Å². The van der Waals surface area contributed by atoms with Crippen LogP contribution in [0.5, 0.6) is 6.01 Å². The van der Waals surface area contributed by atoms with Crippen LogP contribution in [0.15, 0.2) is 0 Å². The van der Waals surface area contributed by atoms with Crippen molar-refractivity contribution in [2.24, 2.45) is 0 Å².